The number of carbonyl (C=O) groups is 1. The Hall–Kier alpha value is -3.79. The van der Waals surface area contributed by atoms with Crippen LogP contribution >= 0.6 is 11.3 Å². The summed E-state index contributed by atoms with van der Waals surface area (Å²) >= 11 is 1.10. The first-order chi connectivity index (χ1) is 16.7. The molecule has 0 aliphatic carbocycles. The predicted molar refractivity (Wildman–Crippen MR) is 129 cm³/mol. The number of nitrogens with zero attached hydrogens (tertiary/aromatic N) is 1. The van der Waals surface area contributed by atoms with E-state index in [9.17, 15) is 18.0 Å². The van der Waals surface area contributed by atoms with Crippen LogP contribution in [0.5, 0.6) is 17.2 Å². The molecule has 4 rings (SSSR count). The third-order valence-corrected chi connectivity index (χ3v) is 6.64. The third kappa shape index (κ3) is 4.74. The minimum Gasteiger partial charge on any atom is -0.496 e. The van der Waals surface area contributed by atoms with Crippen molar-refractivity contribution < 1.29 is 32.2 Å². The summed E-state index contributed by atoms with van der Waals surface area (Å²) in [5, 5.41) is 0.596. The first-order valence-corrected chi connectivity index (χ1v) is 11.2. The van der Waals surface area contributed by atoms with Gasteiger partial charge in [0.2, 0.25) is 0 Å². The number of hydrogen-bond donors (Lipinski definition) is 1. The number of methoxy groups -OCH3 is 3. The number of pyridine rings is 1. The number of alkyl halides is 3. The van der Waals surface area contributed by atoms with Crippen LogP contribution in [0.1, 0.15) is 20.8 Å². The van der Waals surface area contributed by atoms with Gasteiger partial charge in [-0.15, -0.1) is 11.3 Å². The highest BCUT2D eigenvalue weighted by atomic mass is 32.1. The second kappa shape index (κ2) is 9.46. The number of benzene rings is 2. The number of fused-ring (bicyclic) bond motifs is 1. The van der Waals surface area contributed by atoms with E-state index in [1.54, 1.807) is 31.4 Å². The molecule has 0 unspecified atom stereocenters. The Morgan fingerprint density at radius 3 is 2.29 bits per heavy atom. The standard InChI is InChI=1S/C25H21F3N2O4S/c1-32-19-9-5-15(25(26,27)28)10-14(19)11-18(31)23-22(29)16-6-7-17(30-24(16)35-23)13-4-8-20(33-2)21(12-13)34-3/h4-10,12H,11,29H2,1-3H3. The van der Waals surface area contributed by atoms with E-state index >= 15 is 0 Å². The zero-order chi connectivity index (χ0) is 25.3. The van der Waals surface area contributed by atoms with Crippen LogP contribution in [-0.4, -0.2) is 32.1 Å². The maximum absolute atomic E-state index is 13.2. The molecule has 0 fully saturated rings. The SMILES string of the molecule is COc1ccc(C(F)(F)F)cc1CC(=O)c1sc2nc(-c3ccc(OC)c(OC)c3)ccc2c1N. The maximum atomic E-state index is 13.2. The molecule has 0 atom stereocenters. The number of rotatable bonds is 7. The number of anilines is 1. The highest BCUT2D eigenvalue weighted by Gasteiger charge is 2.31. The Labute approximate surface area is 203 Å². The molecule has 2 aromatic heterocycles. The summed E-state index contributed by atoms with van der Waals surface area (Å²) in [6.45, 7) is 0. The molecule has 6 nitrogen and oxygen atoms in total. The topological polar surface area (TPSA) is 83.7 Å². The minimum absolute atomic E-state index is 0.128. The van der Waals surface area contributed by atoms with E-state index in [0.717, 1.165) is 29.0 Å². The molecule has 0 radical (unpaired) electrons. The summed E-state index contributed by atoms with van der Waals surface area (Å²) < 4.78 is 55.3. The van der Waals surface area contributed by atoms with Gasteiger partial charge in [0, 0.05) is 22.9 Å². The lowest BCUT2D eigenvalue weighted by molar-refractivity contribution is -0.137. The van der Waals surface area contributed by atoms with Crippen molar-refractivity contribution in [3.05, 3.63) is 64.5 Å². The molecule has 0 aliphatic heterocycles. The molecule has 0 bridgehead atoms. The molecule has 2 heterocycles. The summed E-state index contributed by atoms with van der Waals surface area (Å²) in [7, 11) is 4.42. The Kier molecular flexibility index (Phi) is 6.58. The van der Waals surface area contributed by atoms with Crippen LogP contribution in [0.4, 0.5) is 18.9 Å². The summed E-state index contributed by atoms with van der Waals surface area (Å²) in [5.41, 5.74) is 7.17. The number of aromatic nitrogens is 1. The van der Waals surface area contributed by atoms with Gasteiger partial charge in [0.15, 0.2) is 17.3 Å². The Bertz CT molecular complexity index is 1420. The molecule has 0 saturated heterocycles. The van der Waals surface area contributed by atoms with E-state index in [-0.39, 0.29) is 28.3 Å². The summed E-state index contributed by atoms with van der Waals surface area (Å²) in [5.74, 6) is 0.898. The first-order valence-electron chi connectivity index (χ1n) is 10.3. The third-order valence-electron chi connectivity index (χ3n) is 5.49. The van der Waals surface area contributed by atoms with Crippen molar-refractivity contribution in [2.24, 2.45) is 0 Å². The number of halogens is 3. The number of Topliss-reactive ketones (excluding diaryl/α,β-unsaturated/α-hetero) is 1. The molecule has 2 aromatic carbocycles. The molecule has 35 heavy (non-hydrogen) atoms. The van der Waals surface area contributed by atoms with Crippen molar-refractivity contribution >= 4 is 33.0 Å². The van der Waals surface area contributed by atoms with Gasteiger partial charge in [-0.3, -0.25) is 4.79 Å². The van der Waals surface area contributed by atoms with Crippen molar-refractivity contribution in [3.63, 3.8) is 0 Å². The number of ketones is 1. The van der Waals surface area contributed by atoms with Crippen molar-refractivity contribution in [1.82, 2.24) is 4.98 Å². The minimum atomic E-state index is -4.54. The van der Waals surface area contributed by atoms with E-state index in [1.165, 1.54) is 20.3 Å². The number of hydrogen-bond acceptors (Lipinski definition) is 7. The molecular weight excluding hydrogens is 481 g/mol. The average molecular weight is 503 g/mol. The van der Waals surface area contributed by atoms with Crippen molar-refractivity contribution in [2.75, 3.05) is 27.1 Å². The maximum Gasteiger partial charge on any atom is 0.416 e. The second-order valence-corrected chi connectivity index (χ2v) is 8.59. The van der Waals surface area contributed by atoms with Gasteiger partial charge in [-0.25, -0.2) is 4.98 Å². The normalized spacial score (nSPS) is 11.5. The Morgan fingerprint density at radius 1 is 0.943 bits per heavy atom. The van der Waals surface area contributed by atoms with Gasteiger partial charge < -0.3 is 19.9 Å². The molecule has 0 spiro atoms. The molecule has 4 aromatic rings. The number of carbonyl (C=O) groups excluding carboxylic acids is 1. The zero-order valence-electron chi connectivity index (χ0n) is 19.0. The van der Waals surface area contributed by atoms with E-state index < -0.39 is 17.5 Å². The molecule has 182 valence electrons. The quantitative estimate of drug-likeness (QED) is 0.312. The predicted octanol–water partition coefficient (Wildman–Crippen LogP) is 6.02. The molecule has 10 heteroatoms. The fraction of sp³-hybridized carbons (Fsp3) is 0.200. The smallest absolute Gasteiger partial charge is 0.416 e. The fourth-order valence-electron chi connectivity index (χ4n) is 3.71. The lowest BCUT2D eigenvalue weighted by atomic mass is 10.0. The van der Waals surface area contributed by atoms with E-state index in [4.69, 9.17) is 19.9 Å². The van der Waals surface area contributed by atoms with E-state index in [2.05, 4.69) is 4.98 Å². The van der Waals surface area contributed by atoms with Gasteiger partial charge in [-0.1, -0.05) is 0 Å². The van der Waals surface area contributed by atoms with Crippen molar-refractivity contribution in [2.45, 2.75) is 12.6 Å². The Morgan fingerprint density at radius 2 is 1.63 bits per heavy atom. The van der Waals surface area contributed by atoms with Gasteiger partial charge in [-0.05, 0) is 48.5 Å². The van der Waals surface area contributed by atoms with E-state index in [1.807, 2.05) is 6.07 Å². The summed E-state index contributed by atoms with van der Waals surface area (Å²) in [6.07, 6.45) is -4.84. The number of thiophene rings is 1. The highest BCUT2D eigenvalue weighted by Crippen LogP contribution is 2.38. The number of ether oxygens (including phenoxy) is 3. The van der Waals surface area contributed by atoms with Crippen LogP contribution in [0, 0.1) is 0 Å². The Balaban J connectivity index is 1.69. The summed E-state index contributed by atoms with van der Waals surface area (Å²) in [4.78, 5) is 18.5. The van der Waals surface area contributed by atoms with Gasteiger partial charge in [0.25, 0.3) is 0 Å². The molecular formula is C25H21F3N2O4S. The fourth-order valence-corrected chi connectivity index (χ4v) is 4.74. The van der Waals surface area contributed by atoms with Crippen molar-refractivity contribution in [1.29, 1.82) is 0 Å². The monoisotopic (exact) mass is 502 g/mol. The van der Waals surface area contributed by atoms with Gasteiger partial charge in [0.05, 0.1) is 43.2 Å². The molecule has 0 saturated carbocycles. The van der Waals surface area contributed by atoms with Gasteiger partial charge >= 0.3 is 6.18 Å². The average Bonchev–Trinajstić information content (AvgIpc) is 3.18. The number of nitrogens with two attached hydrogens (primary N) is 1. The van der Waals surface area contributed by atoms with Crippen LogP contribution in [0.3, 0.4) is 0 Å². The highest BCUT2D eigenvalue weighted by molar-refractivity contribution is 7.21. The zero-order valence-corrected chi connectivity index (χ0v) is 19.8. The van der Waals surface area contributed by atoms with Crippen LogP contribution in [0.2, 0.25) is 0 Å². The largest absolute Gasteiger partial charge is 0.496 e. The second-order valence-electron chi connectivity index (χ2n) is 7.59. The van der Waals surface area contributed by atoms with Crippen LogP contribution in [0.15, 0.2) is 48.5 Å². The van der Waals surface area contributed by atoms with Gasteiger partial charge in [-0.2, -0.15) is 13.2 Å². The van der Waals surface area contributed by atoms with Crippen LogP contribution in [-0.2, 0) is 12.6 Å². The molecule has 2 N–H and O–H groups in total. The van der Waals surface area contributed by atoms with Gasteiger partial charge in [0.1, 0.15) is 10.6 Å². The summed E-state index contributed by atoms with van der Waals surface area (Å²) in [6, 6.07) is 12.0. The van der Waals surface area contributed by atoms with Crippen molar-refractivity contribution in [3.8, 4) is 28.5 Å². The van der Waals surface area contributed by atoms with Crippen LogP contribution in [0.25, 0.3) is 21.5 Å². The molecule has 0 amide bonds. The van der Waals surface area contributed by atoms with Crippen LogP contribution < -0.4 is 19.9 Å². The van der Waals surface area contributed by atoms with E-state index in [0.29, 0.717) is 27.4 Å². The lowest BCUT2D eigenvalue weighted by Crippen LogP contribution is -2.09. The lowest BCUT2D eigenvalue weighted by Gasteiger charge is -2.12. The number of nitrogen functional groups attached to an aromatic ring is 1. The molecule has 0 aliphatic rings. The first kappa shape index (κ1) is 24.3.